The quantitative estimate of drug-likeness (QED) is 0.254. The summed E-state index contributed by atoms with van der Waals surface area (Å²) < 4.78 is 10.9. The van der Waals surface area contributed by atoms with E-state index in [-0.39, 0.29) is 11.3 Å². The van der Waals surface area contributed by atoms with Gasteiger partial charge in [0, 0.05) is 25.8 Å². The van der Waals surface area contributed by atoms with Gasteiger partial charge in [0.2, 0.25) is 0 Å². The van der Waals surface area contributed by atoms with Gasteiger partial charge in [-0.05, 0) is 49.1 Å². The number of aryl methyl sites for hydroxylation is 1. The van der Waals surface area contributed by atoms with Crippen molar-refractivity contribution in [2.24, 2.45) is 0 Å². The minimum absolute atomic E-state index is 0.109. The van der Waals surface area contributed by atoms with Crippen LogP contribution in [0.5, 0.6) is 5.75 Å². The number of hydrogen-bond donors (Lipinski definition) is 1. The third-order valence-corrected chi connectivity index (χ3v) is 5.61. The topological polar surface area (TPSA) is 76.1 Å². The average molecular weight is 438 g/mol. The van der Waals surface area contributed by atoms with Crippen molar-refractivity contribution in [3.8, 4) is 5.75 Å². The number of amides is 1. The number of ketones is 1. The summed E-state index contributed by atoms with van der Waals surface area (Å²) in [4.78, 5) is 27.4. The molecule has 6 heteroatoms. The van der Waals surface area contributed by atoms with Crippen LogP contribution in [0.3, 0.4) is 0 Å². The van der Waals surface area contributed by atoms with Crippen LogP contribution >= 0.6 is 0 Å². The van der Waals surface area contributed by atoms with Gasteiger partial charge in [0.15, 0.2) is 0 Å². The largest absolute Gasteiger partial charge is 0.507 e. The molecular weight excluding hydrogens is 406 g/mol. The maximum atomic E-state index is 13.0. The van der Waals surface area contributed by atoms with E-state index in [1.54, 1.807) is 25.3 Å². The van der Waals surface area contributed by atoms with Crippen molar-refractivity contribution in [2.45, 2.75) is 39.2 Å². The number of hydrogen-bond acceptors (Lipinski definition) is 5. The van der Waals surface area contributed by atoms with Crippen LogP contribution in [0.4, 0.5) is 0 Å². The Bertz CT molecular complexity index is 983. The molecular formula is C26H31NO5. The molecule has 1 heterocycles. The molecule has 0 aliphatic carbocycles. The Morgan fingerprint density at radius 1 is 1.06 bits per heavy atom. The number of carbonyl (C=O) groups excluding carboxylic acids is 2. The molecule has 6 nitrogen and oxygen atoms in total. The van der Waals surface area contributed by atoms with Gasteiger partial charge in [0.1, 0.15) is 11.5 Å². The second kappa shape index (κ2) is 11.0. The molecule has 0 radical (unpaired) electrons. The summed E-state index contributed by atoms with van der Waals surface area (Å²) in [5, 5.41) is 11.2. The maximum Gasteiger partial charge on any atom is 0.295 e. The zero-order valence-electron chi connectivity index (χ0n) is 19.0. The summed E-state index contributed by atoms with van der Waals surface area (Å²) in [6, 6.07) is 14.0. The number of aliphatic hydroxyl groups is 1. The number of ether oxygens (including phenoxy) is 2. The Hall–Kier alpha value is -3.12. The van der Waals surface area contributed by atoms with Crippen LogP contribution in [-0.2, 0) is 14.3 Å². The van der Waals surface area contributed by atoms with Gasteiger partial charge in [0.05, 0.1) is 18.2 Å². The van der Waals surface area contributed by atoms with Gasteiger partial charge in [-0.2, -0.15) is 0 Å². The molecule has 0 saturated carbocycles. The molecule has 32 heavy (non-hydrogen) atoms. The minimum atomic E-state index is -0.672. The first kappa shape index (κ1) is 23.5. The van der Waals surface area contributed by atoms with Gasteiger partial charge in [-0.15, -0.1) is 0 Å². The van der Waals surface area contributed by atoms with Crippen molar-refractivity contribution >= 4 is 17.4 Å². The van der Waals surface area contributed by atoms with E-state index in [2.05, 4.69) is 6.92 Å². The molecule has 1 unspecified atom stereocenters. The number of Topliss-reactive ketones (excluding diaryl/α,β-unsaturated/α-hetero) is 1. The number of unbranched alkanes of at least 4 members (excludes halogenated alkanes) is 1. The van der Waals surface area contributed by atoms with Crippen molar-refractivity contribution in [3.05, 3.63) is 70.8 Å². The number of nitrogens with zero attached hydrogens (tertiary/aromatic N) is 1. The van der Waals surface area contributed by atoms with Crippen LogP contribution in [0.25, 0.3) is 5.76 Å². The average Bonchev–Trinajstić information content (AvgIpc) is 3.05. The Balaban J connectivity index is 2.01. The second-order valence-electron chi connectivity index (χ2n) is 7.93. The first-order chi connectivity index (χ1) is 15.5. The summed E-state index contributed by atoms with van der Waals surface area (Å²) in [6.45, 7) is 5.46. The summed E-state index contributed by atoms with van der Waals surface area (Å²) >= 11 is 0. The highest BCUT2D eigenvalue weighted by atomic mass is 16.5. The van der Waals surface area contributed by atoms with Crippen LogP contribution in [0.1, 0.15) is 48.9 Å². The van der Waals surface area contributed by atoms with Crippen LogP contribution in [0.2, 0.25) is 0 Å². The maximum absolute atomic E-state index is 13.0. The molecule has 1 aliphatic heterocycles. The monoisotopic (exact) mass is 437 g/mol. The van der Waals surface area contributed by atoms with E-state index in [4.69, 9.17) is 9.47 Å². The smallest absolute Gasteiger partial charge is 0.295 e. The Morgan fingerprint density at radius 2 is 1.81 bits per heavy atom. The highest BCUT2D eigenvalue weighted by molar-refractivity contribution is 6.46. The summed E-state index contributed by atoms with van der Waals surface area (Å²) in [6.07, 6.45) is 2.60. The molecule has 1 N–H and O–H groups in total. The summed E-state index contributed by atoms with van der Waals surface area (Å²) in [5.74, 6) is -0.702. The lowest BCUT2D eigenvalue weighted by Crippen LogP contribution is -2.31. The van der Waals surface area contributed by atoms with Crippen LogP contribution in [-0.4, -0.2) is 48.6 Å². The SMILES string of the molecule is CCCCOc1ccc(C(O)=C2C(=O)C(=O)N(CCCOC)C2c2ccccc2)cc1C. The molecule has 1 fully saturated rings. The Morgan fingerprint density at radius 3 is 2.47 bits per heavy atom. The standard InChI is InChI=1S/C26H31NO5/c1-4-5-16-32-21-13-12-20(17-18(21)2)24(28)22-23(19-10-7-6-8-11-19)27(14-9-15-31-3)26(30)25(22)29/h6-8,10-13,17,23,28H,4-5,9,14-16H2,1-3H3. The fourth-order valence-electron chi connectivity index (χ4n) is 3.91. The lowest BCUT2D eigenvalue weighted by Gasteiger charge is -2.25. The van der Waals surface area contributed by atoms with Crippen molar-refractivity contribution < 1.29 is 24.2 Å². The van der Waals surface area contributed by atoms with Gasteiger partial charge >= 0.3 is 0 Å². The molecule has 2 aromatic carbocycles. The molecule has 1 aliphatic rings. The summed E-state index contributed by atoms with van der Waals surface area (Å²) in [5.41, 5.74) is 2.23. The normalized spacial score (nSPS) is 17.7. The first-order valence-electron chi connectivity index (χ1n) is 11.1. The molecule has 1 saturated heterocycles. The van der Waals surface area contributed by atoms with Gasteiger partial charge in [0.25, 0.3) is 11.7 Å². The summed E-state index contributed by atoms with van der Waals surface area (Å²) in [7, 11) is 1.60. The van der Waals surface area contributed by atoms with Crippen molar-refractivity contribution in [1.29, 1.82) is 0 Å². The fourth-order valence-corrected chi connectivity index (χ4v) is 3.91. The van der Waals surface area contributed by atoms with E-state index in [9.17, 15) is 14.7 Å². The minimum Gasteiger partial charge on any atom is -0.507 e. The van der Waals surface area contributed by atoms with Crippen molar-refractivity contribution in [1.82, 2.24) is 4.90 Å². The molecule has 0 spiro atoms. The molecule has 3 rings (SSSR count). The van der Waals surface area contributed by atoms with E-state index in [0.29, 0.717) is 31.7 Å². The number of methoxy groups -OCH3 is 1. The lowest BCUT2D eigenvalue weighted by molar-refractivity contribution is -0.140. The lowest BCUT2D eigenvalue weighted by atomic mass is 9.95. The zero-order chi connectivity index (χ0) is 23.1. The molecule has 1 atom stereocenters. The second-order valence-corrected chi connectivity index (χ2v) is 7.93. The Labute approximate surface area is 189 Å². The first-order valence-corrected chi connectivity index (χ1v) is 11.1. The van der Waals surface area contributed by atoms with Gasteiger partial charge in [-0.1, -0.05) is 43.7 Å². The number of benzene rings is 2. The molecule has 0 bridgehead atoms. The molecule has 2 aromatic rings. The van der Waals surface area contributed by atoms with Gasteiger partial charge in [-0.25, -0.2) is 0 Å². The number of likely N-dealkylation sites (tertiary alicyclic amines) is 1. The fraction of sp³-hybridized carbons (Fsp3) is 0.385. The predicted molar refractivity (Wildman–Crippen MR) is 124 cm³/mol. The van der Waals surface area contributed by atoms with Crippen molar-refractivity contribution in [2.75, 3.05) is 26.9 Å². The molecule has 0 aromatic heterocycles. The van der Waals surface area contributed by atoms with Crippen LogP contribution < -0.4 is 4.74 Å². The van der Waals surface area contributed by atoms with E-state index < -0.39 is 17.7 Å². The third-order valence-electron chi connectivity index (χ3n) is 5.61. The molecule has 1 amide bonds. The third kappa shape index (κ3) is 5.02. The van der Waals surface area contributed by atoms with E-state index >= 15 is 0 Å². The van der Waals surface area contributed by atoms with Gasteiger partial charge < -0.3 is 19.5 Å². The van der Waals surface area contributed by atoms with E-state index in [0.717, 1.165) is 29.7 Å². The number of carbonyl (C=O) groups is 2. The zero-order valence-corrected chi connectivity index (χ0v) is 19.0. The van der Waals surface area contributed by atoms with Crippen LogP contribution in [0, 0.1) is 6.92 Å². The van der Waals surface area contributed by atoms with E-state index in [1.165, 1.54) is 4.90 Å². The van der Waals surface area contributed by atoms with E-state index in [1.807, 2.05) is 37.3 Å². The predicted octanol–water partition coefficient (Wildman–Crippen LogP) is 4.63. The van der Waals surface area contributed by atoms with Crippen LogP contribution in [0.15, 0.2) is 54.1 Å². The van der Waals surface area contributed by atoms with Gasteiger partial charge in [-0.3, -0.25) is 9.59 Å². The number of aliphatic hydroxyl groups excluding tert-OH is 1. The molecule has 170 valence electrons. The number of rotatable bonds is 10. The Kier molecular flexibility index (Phi) is 8.06. The van der Waals surface area contributed by atoms with Crippen molar-refractivity contribution in [3.63, 3.8) is 0 Å². The highest BCUT2D eigenvalue weighted by Crippen LogP contribution is 2.39. The highest BCUT2D eigenvalue weighted by Gasteiger charge is 2.45.